The van der Waals surface area contributed by atoms with Gasteiger partial charge in [-0.15, -0.1) is 0 Å². The Labute approximate surface area is 155 Å². The van der Waals surface area contributed by atoms with E-state index in [2.05, 4.69) is 45.3 Å². The summed E-state index contributed by atoms with van der Waals surface area (Å²) in [7, 11) is 4.07. The van der Waals surface area contributed by atoms with Crippen LogP contribution in [0.2, 0.25) is 0 Å². The molecule has 26 heavy (non-hydrogen) atoms. The van der Waals surface area contributed by atoms with Crippen LogP contribution in [-0.2, 0) is 6.54 Å². The van der Waals surface area contributed by atoms with Crippen LogP contribution in [0.4, 0.5) is 5.69 Å². The average Bonchev–Trinajstić information content (AvgIpc) is 2.68. The molecule has 0 aliphatic carbocycles. The fraction of sp³-hybridized carbons (Fsp3) is 0.125. The minimum atomic E-state index is 0.647. The topological polar surface area (TPSA) is 7.12 Å². The number of hydrogen-bond donors (Lipinski definition) is 0. The molecule has 0 radical (unpaired) electrons. The molecule has 0 atom stereocenters. The van der Waals surface area contributed by atoms with Gasteiger partial charge < -0.3 is 4.90 Å². The Bertz CT molecular complexity index is 979. The molecule has 0 bridgehead atoms. The SMILES string of the molecule is CN(C)c1cc[n+](CC#Cc2ccccc2C#Cc2ccccc2)cc1. The van der Waals surface area contributed by atoms with E-state index in [-0.39, 0.29) is 0 Å². The summed E-state index contributed by atoms with van der Waals surface area (Å²) >= 11 is 0. The quantitative estimate of drug-likeness (QED) is 0.513. The summed E-state index contributed by atoms with van der Waals surface area (Å²) in [6.45, 7) is 0.647. The summed E-state index contributed by atoms with van der Waals surface area (Å²) < 4.78 is 2.07. The van der Waals surface area contributed by atoms with Crippen molar-refractivity contribution in [2.45, 2.75) is 6.54 Å². The number of aromatic nitrogens is 1. The lowest BCUT2D eigenvalue weighted by Crippen LogP contribution is -2.32. The summed E-state index contributed by atoms with van der Waals surface area (Å²) in [6, 6.07) is 22.2. The maximum atomic E-state index is 3.25. The van der Waals surface area contributed by atoms with Gasteiger partial charge in [0, 0.05) is 48.6 Å². The van der Waals surface area contributed by atoms with Crippen molar-refractivity contribution in [2.24, 2.45) is 0 Å². The maximum Gasteiger partial charge on any atom is 0.209 e. The minimum Gasteiger partial charge on any atom is -0.377 e. The molecule has 3 rings (SSSR count). The smallest absolute Gasteiger partial charge is 0.209 e. The Balaban J connectivity index is 1.75. The van der Waals surface area contributed by atoms with E-state index in [1.807, 2.05) is 81.1 Å². The average molecular weight is 337 g/mol. The molecular weight excluding hydrogens is 316 g/mol. The summed E-state index contributed by atoms with van der Waals surface area (Å²) in [5.74, 6) is 12.9. The van der Waals surface area contributed by atoms with E-state index in [4.69, 9.17) is 0 Å². The molecule has 0 saturated heterocycles. The van der Waals surface area contributed by atoms with Gasteiger partial charge in [-0.1, -0.05) is 48.1 Å². The van der Waals surface area contributed by atoms with Crippen LogP contribution >= 0.6 is 0 Å². The van der Waals surface area contributed by atoms with Crippen molar-refractivity contribution in [3.8, 4) is 23.7 Å². The molecule has 1 aromatic heterocycles. The monoisotopic (exact) mass is 337 g/mol. The third kappa shape index (κ3) is 4.76. The number of benzene rings is 2. The van der Waals surface area contributed by atoms with Crippen LogP contribution in [0.25, 0.3) is 0 Å². The summed E-state index contributed by atoms with van der Waals surface area (Å²) in [5, 5.41) is 0. The highest BCUT2D eigenvalue weighted by atomic mass is 15.1. The lowest BCUT2D eigenvalue weighted by atomic mass is 10.1. The van der Waals surface area contributed by atoms with Crippen molar-refractivity contribution in [3.05, 3.63) is 95.8 Å². The van der Waals surface area contributed by atoms with Crippen molar-refractivity contribution in [2.75, 3.05) is 19.0 Å². The van der Waals surface area contributed by atoms with Crippen LogP contribution in [0.5, 0.6) is 0 Å². The van der Waals surface area contributed by atoms with Crippen LogP contribution in [0.1, 0.15) is 16.7 Å². The van der Waals surface area contributed by atoms with Crippen molar-refractivity contribution in [1.82, 2.24) is 0 Å². The molecule has 3 aromatic rings. The van der Waals surface area contributed by atoms with Gasteiger partial charge in [0.2, 0.25) is 6.54 Å². The van der Waals surface area contributed by atoms with Crippen molar-refractivity contribution in [1.29, 1.82) is 0 Å². The molecule has 0 spiro atoms. The van der Waals surface area contributed by atoms with Gasteiger partial charge in [0.25, 0.3) is 0 Å². The highest BCUT2D eigenvalue weighted by molar-refractivity contribution is 5.52. The van der Waals surface area contributed by atoms with Crippen LogP contribution < -0.4 is 9.47 Å². The van der Waals surface area contributed by atoms with Gasteiger partial charge in [0.1, 0.15) is 0 Å². The lowest BCUT2D eigenvalue weighted by Gasteiger charge is -2.09. The van der Waals surface area contributed by atoms with E-state index in [0.29, 0.717) is 6.54 Å². The van der Waals surface area contributed by atoms with Gasteiger partial charge in [-0.2, -0.15) is 4.57 Å². The third-order valence-corrected chi connectivity index (χ3v) is 3.92. The maximum absolute atomic E-state index is 3.25. The minimum absolute atomic E-state index is 0.647. The molecule has 0 fully saturated rings. The second-order valence-electron chi connectivity index (χ2n) is 6.09. The molecule has 0 saturated carbocycles. The Hall–Kier alpha value is -3.49. The Kier molecular flexibility index (Phi) is 5.71. The normalized spacial score (nSPS) is 9.46. The molecule has 0 aliphatic rings. The van der Waals surface area contributed by atoms with Crippen molar-refractivity contribution >= 4 is 5.69 Å². The molecule has 1 heterocycles. The van der Waals surface area contributed by atoms with Gasteiger partial charge in [-0.05, 0) is 30.2 Å². The van der Waals surface area contributed by atoms with Gasteiger partial charge in [0.15, 0.2) is 12.4 Å². The van der Waals surface area contributed by atoms with Crippen molar-refractivity contribution in [3.63, 3.8) is 0 Å². The Morgan fingerprint density at radius 2 is 1.35 bits per heavy atom. The third-order valence-electron chi connectivity index (χ3n) is 3.92. The van der Waals surface area contributed by atoms with E-state index in [0.717, 1.165) is 16.7 Å². The molecule has 2 aromatic carbocycles. The van der Waals surface area contributed by atoms with Crippen LogP contribution in [0, 0.1) is 23.7 Å². The zero-order valence-corrected chi connectivity index (χ0v) is 15.1. The van der Waals surface area contributed by atoms with Gasteiger partial charge in [0.05, 0.1) is 0 Å². The number of nitrogens with zero attached hydrogens (tertiary/aromatic N) is 2. The first-order chi connectivity index (χ1) is 12.7. The zero-order valence-electron chi connectivity index (χ0n) is 15.1. The Morgan fingerprint density at radius 1 is 0.731 bits per heavy atom. The fourth-order valence-corrected chi connectivity index (χ4v) is 2.44. The van der Waals surface area contributed by atoms with Crippen LogP contribution in [0.3, 0.4) is 0 Å². The first-order valence-electron chi connectivity index (χ1n) is 8.54. The predicted octanol–water partition coefficient (Wildman–Crippen LogP) is 3.49. The molecule has 126 valence electrons. The predicted molar refractivity (Wildman–Crippen MR) is 107 cm³/mol. The number of anilines is 1. The standard InChI is InChI=1S/C24H21N2/c1-25(2)24-16-19-26(20-17-24)18-8-13-22-11-6-7-12-23(22)15-14-21-9-4-3-5-10-21/h3-7,9-12,16-17,19-20H,18H2,1-2H3/q+1. The fourth-order valence-electron chi connectivity index (χ4n) is 2.44. The summed E-state index contributed by atoms with van der Waals surface area (Å²) in [6.07, 6.45) is 4.09. The Morgan fingerprint density at radius 3 is 2.00 bits per heavy atom. The van der Waals surface area contributed by atoms with E-state index >= 15 is 0 Å². The van der Waals surface area contributed by atoms with Crippen LogP contribution in [0.15, 0.2) is 79.1 Å². The van der Waals surface area contributed by atoms with Crippen LogP contribution in [-0.4, -0.2) is 14.1 Å². The van der Waals surface area contributed by atoms with E-state index in [1.165, 1.54) is 5.69 Å². The highest BCUT2D eigenvalue weighted by Gasteiger charge is 2.00. The molecule has 0 aliphatic heterocycles. The summed E-state index contributed by atoms with van der Waals surface area (Å²) in [5.41, 5.74) is 4.10. The first-order valence-corrected chi connectivity index (χ1v) is 8.54. The molecule has 2 nitrogen and oxygen atoms in total. The molecule has 0 N–H and O–H groups in total. The summed E-state index contributed by atoms with van der Waals surface area (Å²) in [4.78, 5) is 2.08. The van der Waals surface area contributed by atoms with E-state index in [1.54, 1.807) is 0 Å². The second-order valence-corrected chi connectivity index (χ2v) is 6.09. The number of rotatable bonds is 2. The molecule has 2 heteroatoms. The molecule has 0 amide bonds. The largest absolute Gasteiger partial charge is 0.377 e. The van der Waals surface area contributed by atoms with Gasteiger partial charge in [-0.25, -0.2) is 0 Å². The first kappa shape index (κ1) is 17.3. The second kappa shape index (κ2) is 8.56. The number of pyridine rings is 1. The molecule has 0 unspecified atom stereocenters. The van der Waals surface area contributed by atoms with Crippen molar-refractivity contribution < 1.29 is 4.57 Å². The van der Waals surface area contributed by atoms with E-state index < -0.39 is 0 Å². The molecular formula is C24H21N2+. The highest BCUT2D eigenvalue weighted by Crippen LogP contribution is 2.07. The van der Waals surface area contributed by atoms with Gasteiger partial charge >= 0.3 is 0 Å². The van der Waals surface area contributed by atoms with Gasteiger partial charge in [-0.3, -0.25) is 0 Å². The van der Waals surface area contributed by atoms with E-state index in [9.17, 15) is 0 Å². The zero-order chi connectivity index (χ0) is 18.2. The number of hydrogen-bond acceptors (Lipinski definition) is 1. The lowest BCUT2D eigenvalue weighted by molar-refractivity contribution is -0.684.